The number of nitrogens with one attached hydrogen (secondary N) is 1. The Hall–Kier alpha value is -3.33. The minimum absolute atomic E-state index is 0.0406. The predicted molar refractivity (Wildman–Crippen MR) is 143 cm³/mol. The molecule has 2 heterocycles. The van der Waals surface area contributed by atoms with E-state index in [9.17, 15) is 49.5 Å². The Kier molecular flexibility index (Phi) is 8.82. The Morgan fingerprint density at radius 3 is 2.07 bits per heavy atom. The van der Waals surface area contributed by atoms with Gasteiger partial charge in [-0.15, -0.1) is 0 Å². The van der Waals surface area contributed by atoms with Crippen LogP contribution in [-0.2, 0) is 31.6 Å². The smallest absolute Gasteiger partial charge is 0.369 e. The number of nitrogens with zero attached hydrogens (tertiary/aromatic N) is 2. The molecule has 1 saturated heterocycles. The van der Waals surface area contributed by atoms with Gasteiger partial charge < -0.3 is 15.3 Å². The summed E-state index contributed by atoms with van der Waals surface area (Å²) in [5.41, 5.74) is -6.20. The third kappa shape index (κ3) is 6.19. The number of carbonyl (C=O) groups is 2. The van der Waals surface area contributed by atoms with Crippen LogP contribution in [-0.4, -0.2) is 68.3 Å². The molecule has 2 aromatic rings. The molecule has 1 atom stereocenters. The molecule has 0 unspecified atom stereocenters. The fraction of sp³-hybridized carbons (Fsp3) is 0.500. The number of aliphatic hydroxyl groups is 1. The van der Waals surface area contributed by atoms with Gasteiger partial charge in [0.2, 0.25) is 11.8 Å². The van der Waals surface area contributed by atoms with E-state index in [1.165, 1.54) is 31.2 Å². The number of carbonyl (C=O) groups excluding carboxylic acids is 2. The highest BCUT2D eigenvalue weighted by Gasteiger charge is 2.71. The first-order valence-corrected chi connectivity index (χ1v) is 15.0. The maximum atomic E-state index is 13.9. The van der Waals surface area contributed by atoms with Crippen molar-refractivity contribution in [2.75, 3.05) is 23.9 Å². The van der Waals surface area contributed by atoms with Crippen molar-refractivity contribution < 1.29 is 49.5 Å². The summed E-state index contributed by atoms with van der Waals surface area (Å²) in [5, 5.41) is 12.7. The number of benzene rings is 2. The highest BCUT2D eigenvalue weighted by atomic mass is 32.2. The molecule has 8 nitrogen and oxygen atoms in total. The summed E-state index contributed by atoms with van der Waals surface area (Å²) in [7, 11) is -4.41. The lowest BCUT2D eigenvalue weighted by Gasteiger charge is -2.39. The fourth-order valence-corrected chi connectivity index (χ4v) is 7.22. The monoisotopic (exact) mass is 635 g/mol. The van der Waals surface area contributed by atoms with Gasteiger partial charge in [0.1, 0.15) is 0 Å². The molecule has 0 bridgehead atoms. The number of sulfonamides is 1. The van der Waals surface area contributed by atoms with Crippen LogP contribution in [0.2, 0.25) is 0 Å². The molecule has 1 fully saturated rings. The molecule has 0 spiro atoms. The standard InChI is InChI=1S/C28H31F6N3O5S/c1-17-3-8-23(9-4-17)43(41,42)37-22(16-35-25(39)19-11-13-36(14-12-19)18(2)38)7-5-20-15-21(6-10-24(20)37)26(40,27(29,30)31)28(32,33)34/h3-4,6,8-10,15,19,22,40H,5,7,11-14,16H2,1-2H3,(H,35,39)/t22-/m0/s1. The first kappa shape index (κ1) is 32.6. The van der Waals surface area contributed by atoms with Gasteiger partial charge in [-0.3, -0.25) is 13.9 Å². The first-order chi connectivity index (χ1) is 19.9. The Balaban J connectivity index is 1.68. The van der Waals surface area contributed by atoms with Gasteiger partial charge >= 0.3 is 12.4 Å². The van der Waals surface area contributed by atoms with E-state index >= 15 is 0 Å². The van der Waals surface area contributed by atoms with Gasteiger partial charge in [0, 0.05) is 38.0 Å². The number of rotatable bonds is 6. The number of piperidine rings is 1. The lowest BCUT2D eigenvalue weighted by atomic mass is 9.88. The number of fused-ring (bicyclic) bond motifs is 1. The van der Waals surface area contributed by atoms with Crippen molar-refractivity contribution in [2.45, 2.75) is 68.4 Å². The number of anilines is 1. The molecule has 0 radical (unpaired) electrons. The molecule has 0 aliphatic carbocycles. The molecule has 4 rings (SSSR count). The lowest BCUT2D eigenvalue weighted by molar-refractivity contribution is -0.376. The third-order valence-electron chi connectivity index (χ3n) is 8.03. The number of hydrogen-bond donors (Lipinski definition) is 2. The average Bonchev–Trinajstić information content (AvgIpc) is 2.93. The second-order valence-corrected chi connectivity index (χ2v) is 12.7. The topological polar surface area (TPSA) is 107 Å². The summed E-state index contributed by atoms with van der Waals surface area (Å²) in [5.74, 6) is -0.875. The molecular formula is C28H31F6N3O5S. The maximum absolute atomic E-state index is 13.9. The maximum Gasteiger partial charge on any atom is 0.430 e. The first-order valence-electron chi connectivity index (χ1n) is 13.5. The highest BCUT2D eigenvalue weighted by Crippen LogP contribution is 2.51. The quantitative estimate of drug-likeness (QED) is 0.464. The Bertz CT molecular complexity index is 1460. The van der Waals surface area contributed by atoms with Crippen molar-refractivity contribution in [3.05, 3.63) is 59.2 Å². The van der Waals surface area contributed by atoms with Crippen LogP contribution >= 0.6 is 0 Å². The van der Waals surface area contributed by atoms with Crippen LogP contribution in [0, 0.1) is 12.8 Å². The molecule has 2 aromatic carbocycles. The SMILES string of the molecule is CC(=O)N1CCC(C(=O)NC[C@@H]2CCc3cc(C(O)(C(F)(F)F)C(F)(F)F)ccc3N2S(=O)(=O)c2ccc(C)cc2)CC1. The summed E-state index contributed by atoms with van der Waals surface area (Å²) in [6.45, 7) is 3.77. The lowest BCUT2D eigenvalue weighted by Crippen LogP contribution is -2.54. The zero-order valence-electron chi connectivity index (χ0n) is 23.3. The van der Waals surface area contributed by atoms with Crippen LogP contribution in [0.15, 0.2) is 47.4 Å². The van der Waals surface area contributed by atoms with Gasteiger partial charge in [-0.2, -0.15) is 26.3 Å². The van der Waals surface area contributed by atoms with Gasteiger partial charge in [-0.1, -0.05) is 29.8 Å². The van der Waals surface area contributed by atoms with E-state index in [1.54, 1.807) is 11.8 Å². The van der Waals surface area contributed by atoms with E-state index in [1.807, 2.05) is 0 Å². The van der Waals surface area contributed by atoms with Crippen LogP contribution in [0.4, 0.5) is 32.0 Å². The van der Waals surface area contributed by atoms with E-state index in [2.05, 4.69) is 5.32 Å². The van der Waals surface area contributed by atoms with Gasteiger partial charge in [-0.05, 0) is 56.4 Å². The molecular weight excluding hydrogens is 604 g/mol. The zero-order chi connectivity index (χ0) is 32.0. The number of halogens is 6. The minimum atomic E-state index is -6.10. The van der Waals surface area contributed by atoms with E-state index < -0.39 is 45.5 Å². The molecule has 0 saturated carbocycles. The van der Waals surface area contributed by atoms with Crippen molar-refractivity contribution in [3.63, 3.8) is 0 Å². The summed E-state index contributed by atoms with van der Waals surface area (Å²) in [6.07, 6.45) is -11.5. The van der Waals surface area contributed by atoms with Crippen molar-refractivity contribution in [3.8, 4) is 0 Å². The predicted octanol–water partition coefficient (Wildman–Crippen LogP) is 4.19. The second-order valence-electron chi connectivity index (χ2n) is 10.9. The van der Waals surface area contributed by atoms with Crippen LogP contribution in [0.3, 0.4) is 0 Å². The van der Waals surface area contributed by atoms with E-state index in [-0.39, 0.29) is 47.3 Å². The largest absolute Gasteiger partial charge is 0.430 e. The number of aryl methyl sites for hydroxylation is 2. The van der Waals surface area contributed by atoms with Gasteiger partial charge in [0.05, 0.1) is 16.6 Å². The number of amides is 2. The van der Waals surface area contributed by atoms with E-state index in [0.717, 1.165) is 15.9 Å². The normalized spacial score (nSPS) is 18.8. The van der Waals surface area contributed by atoms with Gasteiger partial charge in [0.25, 0.3) is 15.6 Å². The molecule has 2 aliphatic rings. The molecule has 43 heavy (non-hydrogen) atoms. The fourth-order valence-electron chi connectivity index (χ4n) is 5.50. The molecule has 0 aromatic heterocycles. The van der Waals surface area contributed by atoms with Gasteiger partial charge in [0.15, 0.2) is 0 Å². The second kappa shape index (κ2) is 11.6. The van der Waals surface area contributed by atoms with Crippen molar-refractivity contribution in [1.82, 2.24) is 10.2 Å². The highest BCUT2D eigenvalue weighted by molar-refractivity contribution is 7.92. The van der Waals surface area contributed by atoms with Gasteiger partial charge in [-0.25, -0.2) is 8.42 Å². The van der Waals surface area contributed by atoms with Crippen LogP contribution in [0.5, 0.6) is 0 Å². The van der Waals surface area contributed by atoms with Crippen molar-refractivity contribution in [2.24, 2.45) is 5.92 Å². The zero-order valence-corrected chi connectivity index (χ0v) is 24.1. The van der Waals surface area contributed by atoms with Crippen LogP contribution in [0.25, 0.3) is 0 Å². The van der Waals surface area contributed by atoms with Crippen LogP contribution in [0.1, 0.15) is 42.9 Å². The Morgan fingerprint density at radius 2 is 1.53 bits per heavy atom. The Labute approximate surface area is 244 Å². The molecule has 2 amide bonds. The molecule has 15 heteroatoms. The molecule has 236 valence electrons. The van der Waals surface area contributed by atoms with E-state index in [4.69, 9.17) is 0 Å². The summed E-state index contributed by atoms with van der Waals surface area (Å²) >= 11 is 0. The summed E-state index contributed by atoms with van der Waals surface area (Å²) < 4.78 is 110. The molecule has 2 aliphatic heterocycles. The van der Waals surface area contributed by atoms with Crippen molar-refractivity contribution >= 4 is 27.5 Å². The van der Waals surface area contributed by atoms with Crippen molar-refractivity contribution in [1.29, 1.82) is 0 Å². The molecule has 2 N–H and O–H groups in total. The minimum Gasteiger partial charge on any atom is -0.369 e. The Morgan fingerprint density at radius 1 is 0.953 bits per heavy atom. The summed E-state index contributed by atoms with van der Waals surface area (Å²) in [6, 6.07) is 6.59. The summed E-state index contributed by atoms with van der Waals surface area (Å²) in [4.78, 5) is 26.0. The number of alkyl halides is 6. The third-order valence-corrected chi connectivity index (χ3v) is 9.92. The van der Waals surface area contributed by atoms with E-state index in [0.29, 0.717) is 38.1 Å². The number of hydrogen-bond acceptors (Lipinski definition) is 5. The average molecular weight is 636 g/mol. The van der Waals surface area contributed by atoms with Crippen LogP contribution < -0.4 is 9.62 Å². The number of likely N-dealkylation sites (tertiary alicyclic amines) is 1.